The Bertz CT molecular complexity index is 1360. The molecule has 0 radical (unpaired) electrons. The molecule has 0 bridgehead atoms. The molecule has 0 aliphatic carbocycles. The van der Waals surface area contributed by atoms with Gasteiger partial charge in [0.05, 0.1) is 13.1 Å². The number of amides is 3. The predicted octanol–water partition coefficient (Wildman–Crippen LogP) is 3.33. The maximum Gasteiger partial charge on any atom is 0.493 e. The molecule has 2 heterocycles. The summed E-state index contributed by atoms with van der Waals surface area (Å²) in [6.07, 6.45) is -0.404. The average Bonchev–Trinajstić information content (AvgIpc) is 3.43. The van der Waals surface area contributed by atoms with Crippen LogP contribution in [-0.4, -0.2) is 98.5 Å². The number of carbonyl (C=O) groups is 3. The minimum Gasteiger partial charge on any atom is -0.444 e. The Morgan fingerprint density at radius 1 is 1.02 bits per heavy atom. The highest BCUT2D eigenvalue weighted by atomic mass is 16.6. The second kappa shape index (κ2) is 14.9. The van der Waals surface area contributed by atoms with E-state index in [1.807, 2.05) is 74.9 Å². The van der Waals surface area contributed by atoms with Crippen LogP contribution in [0.4, 0.5) is 10.5 Å². The number of rotatable bonds is 11. The maximum atomic E-state index is 13.3. The van der Waals surface area contributed by atoms with Gasteiger partial charge in [-0.2, -0.15) is 0 Å². The molecule has 1 fully saturated rings. The molecule has 46 heavy (non-hydrogen) atoms. The highest BCUT2D eigenvalue weighted by Gasteiger charge is 2.34. The predicted molar refractivity (Wildman–Crippen MR) is 179 cm³/mol. The van der Waals surface area contributed by atoms with Gasteiger partial charge in [0.15, 0.2) is 0 Å². The fourth-order valence-electron chi connectivity index (χ4n) is 5.50. The minimum atomic E-state index is -0.619. The summed E-state index contributed by atoms with van der Waals surface area (Å²) >= 11 is 0. The lowest BCUT2D eigenvalue weighted by Crippen LogP contribution is -2.48. The van der Waals surface area contributed by atoms with E-state index in [1.165, 1.54) is 11.1 Å². The monoisotopic (exact) mass is 635 g/mol. The normalized spacial score (nSPS) is 16.0. The van der Waals surface area contributed by atoms with E-state index in [4.69, 9.17) is 14.0 Å². The average molecular weight is 636 g/mol. The van der Waals surface area contributed by atoms with E-state index in [1.54, 1.807) is 17.0 Å². The third-order valence-electron chi connectivity index (χ3n) is 8.14. The number of aryl methyl sites for hydroxylation is 1. The molecule has 3 amide bonds. The van der Waals surface area contributed by atoms with Gasteiger partial charge in [0.2, 0.25) is 5.91 Å². The summed E-state index contributed by atoms with van der Waals surface area (Å²) in [7, 11) is 1.28. The Morgan fingerprint density at radius 2 is 1.65 bits per heavy atom. The molecule has 2 aromatic rings. The van der Waals surface area contributed by atoms with Crippen LogP contribution in [0.1, 0.15) is 58.2 Å². The van der Waals surface area contributed by atoms with Crippen LogP contribution in [0.25, 0.3) is 0 Å². The SMILES string of the molecule is CCN(CCN(CC(=O)NCC(=O)N(C)N1Cc2ccccc2C1)c1ccc(B2OCC(C)(C)CO2)cc1C)C(=O)OC(C)(C)C. The smallest absolute Gasteiger partial charge is 0.444 e. The molecule has 1 saturated heterocycles. The van der Waals surface area contributed by atoms with Crippen molar-refractivity contribution < 1.29 is 28.4 Å². The summed E-state index contributed by atoms with van der Waals surface area (Å²) in [6.45, 7) is 17.2. The second-order valence-corrected chi connectivity index (χ2v) is 13.9. The van der Waals surface area contributed by atoms with Crippen LogP contribution in [0, 0.1) is 12.3 Å². The quantitative estimate of drug-likeness (QED) is 0.376. The largest absolute Gasteiger partial charge is 0.493 e. The van der Waals surface area contributed by atoms with Crippen molar-refractivity contribution in [3.63, 3.8) is 0 Å². The summed E-state index contributed by atoms with van der Waals surface area (Å²) in [5, 5.41) is 6.36. The van der Waals surface area contributed by atoms with Gasteiger partial charge >= 0.3 is 13.2 Å². The molecule has 12 heteroatoms. The van der Waals surface area contributed by atoms with Gasteiger partial charge in [-0.05, 0) is 62.8 Å². The highest BCUT2D eigenvalue weighted by Crippen LogP contribution is 2.25. The molecule has 2 aliphatic rings. The molecule has 0 unspecified atom stereocenters. The van der Waals surface area contributed by atoms with Crippen molar-refractivity contribution in [3.05, 3.63) is 59.2 Å². The van der Waals surface area contributed by atoms with Crippen LogP contribution in [0.5, 0.6) is 0 Å². The maximum absolute atomic E-state index is 13.3. The van der Waals surface area contributed by atoms with Crippen molar-refractivity contribution >= 4 is 36.2 Å². The van der Waals surface area contributed by atoms with Crippen LogP contribution >= 0.6 is 0 Å². The first-order valence-corrected chi connectivity index (χ1v) is 16.1. The number of likely N-dealkylation sites (N-methyl/N-ethyl adjacent to an activating group) is 2. The van der Waals surface area contributed by atoms with Gasteiger partial charge in [-0.3, -0.25) is 14.6 Å². The fraction of sp³-hybridized carbons (Fsp3) is 0.559. The van der Waals surface area contributed by atoms with Crippen molar-refractivity contribution in [2.24, 2.45) is 5.41 Å². The van der Waals surface area contributed by atoms with Crippen LogP contribution < -0.4 is 15.7 Å². The molecule has 0 spiro atoms. The molecular formula is C34H50BN5O6. The first-order valence-electron chi connectivity index (χ1n) is 16.1. The zero-order valence-electron chi connectivity index (χ0n) is 28.7. The number of fused-ring (bicyclic) bond motifs is 1. The van der Waals surface area contributed by atoms with Crippen molar-refractivity contribution in [3.8, 4) is 0 Å². The van der Waals surface area contributed by atoms with Gasteiger partial charge in [-0.15, -0.1) is 0 Å². The Balaban J connectivity index is 1.42. The van der Waals surface area contributed by atoms with E-state index >= 15 is 0 Å². The number of nitrogens with zero attached hydrogens (tertiary/aromatic N) is 4. The molecule has 0 aromatic heterocycles. The second-order valence-electron chi connectivity index (χ2n) is 13.9. The van der Waals surface area contributed by atoms with E-state index in [2.05, 4.69) is 31.3 Å². The Kier molecular flexibility index (Phi) is 11.4. The summed E-state index contributed by atoms with van der Waals surface area (Å²) in [5.74, 6) is -0.498. The summed E-state index contributed by atoms with van der Waals surface area (Å²) in [5.41, 5.74) is 4.42. The molecule has 250 valence electrons. The number of hydrogen-bond donors (Lipinski definition) is 1. The number of nitrogens with one attached hydrogen (secondary N) is 1. The van der Waals surface area contributed by atoms with Crippen molar-refractivity contribution in [2.45, 2.75) is 67.2 Å². The van der Waals surface area contributed by atoms with Crippen LogP contribution in [0.2, 0.25) is 0 Å². The number of anilines is 1. The Labute approximate surface area is 274 Å². The zero-order chi connectivity index (χ0) is 33.6. The third-order valence-corrected chi connectivity index (χ3v) is 8.14. The Hall–Kier alpha value is -3.61. The number of ether oxygens (including phenoxy) is 1. The Morgan fingerprint density at radius 3 is 2.22 bits per heavy atom. The molecule has 4 rings (SSSR count). The topological polar surface area (TPSA) is 104 Å². The lowest BCUT2D eigenvalue weighted by atomic mass is 9.75. The number of carbonyl (C=O) groups excluding carboxylic acids is 3. The first-order chi connectivity index (χ1) is 21.7. The molecule has 2 aromatic carbocycles. The minimum absolute atomic E-state index is 0.00280. The highest BCUT2D eigenvalue weighted by molar-refractivity contribution is 6.61. The first kappa shape index (κ1) is 35.3. The van der Waals surface area contributed by atoms with E-state index < -0.39 is 18.8 Å². The van der Waals surface area contributed by atoms with Gasteiger partial charge < -0.3 is 29.2 Å². The molecular weight excluding hydrogens is 585 g/mol. The fourth-order valence-corrected chi connectivity index (χ4v) is 5.50. The standard InChI is InChI=1S/C34H50BN5O6/c1-9-38(32(43)46-33(3,4)5)16-17-39(29-15-14-28(18-25(29)2)35-44-23-34(6,7)24-45-35)22-30(41)36-19-31(42)37(8)40-20-26-12-10-11-13-27(26)21-40/h10-15,18H,9,16-17,19-24H2,1-8H3,(H,36,41). The molecule has 2 aliphatic heterocycles. The number of benzene rings is 2. The van der Waals surface area contributed by atoms with Gasteiger partial charge in [0, 0.05) is 64.1 Å². The van der Waals surface area contributed by atoms with Gasteiger partial charge in [0.25, 0.3) is 5.91 Å². The van der Waals surface area contributed by atoms with E-state index in [0.717, 1.165) is 16.7 Å². The van der Waals surface area contributed by atoms with E-state index in [9.17, 15) is 14.4 Å². The third kappa shape index (κ3) is 9.46. The zero-order valence-corrected chi connectivity index (χ0v) is 28.7. The summed E-state index contributed by atoms with van der Waals surface area (Å²) < 4.78 is 17.6. The van der Waals surface area contributed by atoms with Crippen LogP contribution in [0.15, 0.2) is 42.5 Å². The molecule has 1 N–H and O–H groups in total. The molecule has 11 nitrogen and oxygen atoms in total. The van der Waals surface area contributed by atoms with Gasteiger partial charge in [-0.1, -0.05) is 50.2 Å². The lowest BCUT2D eigenvalue weighted by molar-refractivity contribution is -0.146. The summed E-state index contributed by atoms with van der Waals surface area (Å²) in [6, 6.07) is 14.1. The summed E-state index contributed by atoms with van der Waals surface area (Å²) in [4.78, 5) is 42.7. The molecule has 0 saturated carbocycles. The van der Waals surface area contributed by atoms with Gasteiger partial charge in [0.1, 0.15) is 5.60 Å². The number of hydrogen-bond acceptors (Lipinski definition) is 8. The van der Waals surface area contributed by atoms with Gasteiger partial charge in [-0.25, -0.2) is 9.80 Å². The van der Waals surface area contributed by atoms with Crippen molar-refractivity contribution in [1.82, 2.24) is 20.2 Å². The van der Waals surface area contributed by atoms with Crippen molar-refractivity contribution in [1.29, 1.82) is 0 Å². The van der Waals surface area contributed by atoms with Crippen LogP contribution in [-0.2, 0) is 36.7 Å². The van der Waals surface area contributed by atoms with Crippen molar-refractivity contribution in [2.75, 3.05) is 57.9 Å². The number of hydrazine groups is 1. The van der Waals surface area contributed by atoms with Crippen LogP contribution in [0.3, 0.4) is 0 Å². The van der Waals surface area contributed by atoms with E-state index in [0.29, 0.717) is 45.9 Å². The lowest BCUT2D eigenvalue weighted by Gasteiger charge is -2.34. The van der Waals surface area contributed by atoms with E-state index in [-0.39, 0.29) is 30.3 Å². The molecule has 0 atom stereocenters.